The molecular weight excluding hydrogens is 465 g/mol. The second kappa shape index (κ2) is 8.60. The van der Waals surface area contributed by atoms with Gasteiger partial charge >= 0.3 is 0 Å². The van der Waals surface area contributed by atoms with E-state index in [-0.39, 0.29) is 17.1 Å². The average Bonchev–Trinajstić information content (AvgIpc) is 3.23. The molecule has 12 heteroatoms. The predicted octanol–water partition coefficient (Wildman–Crippen LogP) is 3.22. The van der Waals surface area contributed by atoms with Crippen molar-refractivity contribution in [2.75, 3.05) is 12.4 Å². The van der Waals surface area contributed by atoms with Gasteiger partial charge in [0.1, 0.15) is 21.9 Å². The number of hydrogen-bond acceptors (Lipinski definition) is 6. The lowest BCUT2D eigenvalue weighted by Crippen LogP contribution is -2.55. The number of anilines is 1. The third-order valence-electron chi connectivity index (χ3n) is 4.82. The number of carbonyl (C=O) groups is 1. The first kappa shape index (κ1) is 21.8. The number of rotatable bonds is 4. The molecule has 0 bridgehead atoms. The standard InChI is InChI=1S/C19H17ClFN5O3S2/c1-26-16(17(27)22-12-7-8-14(21)13(20)9-12)10-15(25-31(26,28)29)19-24-23-18(30-19)11-5-3-2-4-6-11/h2-9,15-16,25H,10H2,1H3,(H,22,27). The molecule has 0 radical (unpaired) electrons. The number of hydrogen-bond donors (Lipinski definition) is 2. The fourth-order valence-electron chi connectivity index (χ4n) is 3.15. The van der Waals surface area contributed by atoms with Crippen molar-refractivity contribution in [3.8, 4) is 10.6 Å². The van der Waals surface area contributed by atoms with Crippen molar-refractivity contribution in [1.82, 2.24) is 19.2 Å². The summed E-state index contributed by atoms with van der Waals surface area (Å²) in [7, 11) is -2.62. The van der Waals surface area contributed by atoms with Crippen molar-refractivity contribution in [1.29, 1.82) is 0 Å². The molecule has 0 aliphatic carbocycles. The van der Waals surface area contributed by atoms with E-state index in [9.17, 15) is 17.6 Å². The topological polar surface area (TPSA) is 104 Å². The molecule has 2 heterocycles. The number of nitrogens with one attached hydrogen (secondary N) is 2. The first-order chi connectivity index (χ1) is 14.7. The Bertz CT molecular complexity index is 1220. The quantitative estimate of drug-likeness (QED) is 0.595. The molecule has 162 valence electrons. The Kier molecular flexibility index (Phi) is 6.04. The van der Waals surface area contributed by atoms with Crippen LogP contribution in [-0.4, -0.2) is 41.9 Å². The van der Waals surface area contributed by atoms with Crippen LogP contribution in [0, 0.1) is 5.82 Å². The Morgan fingerprint density at radius 3 is 2.71 bits per heavy atom. The van der Waals surface area contributed by atoms with Gasteiger partial charge in [0.25, 0.3) is 10.2 Å². The summed E-state index contributed by atoms with van der Waals surface area (Å²) < 4.78 is 42.1. The zero-order valence-electron chi connectivity index (χ0n) is 16.1. The van der Waals surface area contributed by atoms with E-state index in [2.05, 4.69) is 20.2 Å². The van der Waals surface area contributed by atoms with Crippen LogP contribution in [0.3, 0.4) is 0 Å². The number of carbonyl (C=O) groups excluding carboxylic acids is 1. The van der Waals surface area contributed by atoms with Crippen LogP contribution in [0.5, 0.6) is 0 Å². The van der Waals surface area contributed by atoms with Gasteiger partial charge in [-0.1, -0.05) is 53.3 Å². The van der Waals surface area contributed by atoms with Crippen LogP contribution in [0.25, 0.3) is 10.6 Å². The predicted molar refractivity (Wildman–Crippen MR) is 116 cm³/mol. The molecule has 2 atom stereocenters. The largest absolute Gasteiger partial charge is 0.325 e. The zero-order chi connectivity index (χ0) is 22.2. The molecule has 1 amide bonds. The molecule has 8 nitrogen and oxygen atoms in total. The Morgan fingerprint density at radius 2 is 2.00 bits per heavy atom. The number of likely N-dealkylation sites (N-methyl/N-ethyl adjacent to an activating group) is 1. The van der Waals surface area contributed by atoms with E-state index in [4.69, 9.17) is 11.6 Å². The zero-order valence-corrected chi connectivity index (χ0v) is 18.5. The van der Waals surface area contributed by atoms with E-state index in [0.717, 1.165) is 15.9 Å². The molecule has 1 aliphatic rings. The van der Waals surface area contributed by atoms with E-state index < -0.39 is 34.0 Å². The van der Waals surface area contributed by atoms with Crippen LogP contribution < -0.4 is 10.0 Å². The van der Waals surface area contributed by atoms with E-state index in [1.54, 1.807) is 0 Å². The smallest absolute Gasteiger partial charge is 0.280 e. The minimum Gasteiger partial charge on any atom is -0.325 e. The molecule has 1 fully saturated rings. The lowest BCUT2D eigenvalue weighted by atomic mass is 10.1. The highest BCUT2D eigenvalue weighted by Gasteiger charge is 2.42. The summed E-state index contributed by atoms with van der Waals surface area (Å²) in [4.78, 5) is 12.9. The third kappa shape index (κ3) is 4.60. The van der Waals surface area contributed by atoms with Crippen molar-refractivity contribution in [2.45, 2.75) is 18.5 Å². The maximum absolute atomic E-state index is 13.4. The highest BCUT2D eigenvalue weighted by Crippen LogP contribution is 2.33. The van der Waals surface area contributed by atoms with Gasteiger partial charge in [0.2, 0.25) is 5.91 Å². The second-order valence-electron chi connectivity index (χ2n) is 6.87. The Hall–Kier alpha value is -2.44. The summed E-state index contributed by atoms with van der Waals surface area (Å²) in [5.41, 5.74) is 1.13. The molecule has 1 aromatic heterocycles. The molecule has 0 spiro atoms. The molecule has 3 aromatic rings. The van der Waals surface area contributed by atoms with E-state index in [0.29, 0.717) is 10.0 Å². The van der Waals surface area contributed by atoms with Crippen LogP contribution >= 0.6 is 22.9 Å². The van der Waals surface area contributed by atoms with Gasteiger partial charge in [-0.25, -0.2) is 4.39 Å². The van der Waals surface area contributed by atoms with Crippen molar-refractivity contribution < 1.29 is 17.6 Å². The van der Waals surface area contributed by atoms with E-state index >= 15 is 0 Å². The summed E-state index contributed by atoms with van der Waals surface area (Å²) in [5.74, 6) is -1.18. The highest BCUT2D eigenvalue weighted by atomic mass is 35.5. The van der Waals surface area contributed by atoms with Crippen LogP contribution in [0.1, 0.15) is 17.5 Å². The van der Waals surface area contributed by atoms with Crippen LogP contribution in [-0.2, 0) is 15.0 Å². The summed E-state index contributed by atoms with van der Waals surface area (Å²) in [6.45, 7) is 0. The molecule has 1 aliphatic heterocycles. The molecule has 31 heavy (non-hydrogen) atoms. The van der Waals surface area contributed by atoms with Crippen molar-refractivity contribution in [3.05, 3.63) is 64.4 Å². The first-order valence-corrected chi connectivity index (χ1v) is 11.8. The van der Waals surface area contributed by atoms with E-state index in [1.165, 1.54) is 30.5 Å². The van der Waals surface area contributed by atoms with Gasteiger partial charge in [-0.2, -0.15) is 17.4 Å². The molecule has 1 saturated heterocycles. The lowest BCUT2D eigenvalue weighted by Gasteiger charge is -2.35. The minimum absolute atomic E-state index is 0.139. The van der Waals surface area contributed by atoms with Gasteiger partial charge < -0.3 is 5.32 Å². The normalized spacial score (nSPS) is 21.0. The Labute approximate surface area is 187 Å². The van der Waals surface area contributed by atoms with Crippen molar-refractivity contribution in [3.63, 3.8) is 0 Å². The number of amides is 1. The summed E-state index contributed by atoms with van der Waals surface area (Å²) >= 11 is 7.01. The number of aromatic nitrogens is 2. The number of nitrogens with zero attached hydrogens (tertiary/aromatic N) is 3. The average molecular weight is 482 g/mol. The molecular formula is C19H17ClFN5O3S2. The fourth-order valence-corrected chi connectivity index (χ4v) is 5.56. The SMILES string of the molecule is CN1C(C(=O)Nc2ccc(F)c(Cl)c2)CC(c2nnc(-c3ccccc3)s2)NS1(=O)=O. The van der Waals surface area contributed by atoms with Gasteiger partial charge in [-0.05, 0) is 24.6 Å². The number of benzene rings is 2. The first-order valence-electron chi connectivity index (χ1n) is 9.14. The lowest BCUT2D eigenvalue weighted by molar-refractivity contribution is -0.120. The molecule has 2 aromatic carbocycles. The van der Waals surface area contributed by atoms with Gasteiger partial charge in [-0.3, -0.25) is 4.79 Å². The molecule has 2 N–H and O–H groups in total. The van der Waals surface area contributed by atoms with Gasteiger partial charge in [-0.15, -0.1) is 10.2 Å². The Balaban J connectivity index is 1.57. The molecule has 0 saturated carbocycles. The fraction of sp³-hybridized carbons (Fsp3) is 0.211. The van der Waals surface area contributed by atoms with Crippen molar-refractivity contribution in [2.24, 2.45) is 0 Å². The highest BCUT2D eigenvalue weighted by molar-refractivity contribution is 7.87. The van der Waals surface area contributed by atoms with Crippen LogP contribution in [0.15, 0.2) is 48.5 Å². The summed E-state index contributed by atoms with van der Waals surface area (Å²) in [5, 5.41) is 11.8. The molecule has 4 rings (SSSR count). The Morgan fingerprint density at radius 1 is 1.26 bits per heavy atom. The monoisotopic (exact) mass is 481 g/mol. The van der Waals surface area contributed by atoms with E-state index in [1.807, 2.05) is 30.3 Å². The summed E-state index contributed by atoms with van der Waals surface area (Å²) in [6, 6.07) is 11.4. The maximum Gasteiger partial charge on any atom is 0.280 e. The molecule has 2 unspecified atom stereocenters. The third-order valence-corrected chi connectivity index (χ3v) is 7.79. The minimum atomic E-state index is -3.94. The van der Waals surface area contributed by atoms with Crippen LogP contribution in [0.2, 0.25) is 5.02 Å². The maximum atomic E-state index is 13.4. The van der Waals surface area contributed by atoms with Crippen molar-refractivity contribution >= 4 is 44.7 Å². The van der Waals surface area contributed by atoms with Crippen LogP contribution in [0.4, 0.5) is 10.1 Å². The van der Waals surface area contributed by atoms with Gasteiger partial charge in [0.15, 0.2) is 0 Å². The second-order valence-corrected chi connectivity index (χ2v) is 10.1. The summed E-state index contributed by atoms with van der Waals surface area (Å²) in [6.07, 6.45) is 0.139. The number of halogens is 2. The van der Waals surface area contributed by atoms with Gasteiger partial charge in [0, 0.05) is 18.3 Å². The van der Waals surface area contributed by atoms with Gasteiger partial charge in [0.05, 0.1) is 11.1 Å².